The molecule has 1 aromatic rings. The summed E-state index contributed by atoms with van der Waals surface area (Å²) in [5.41, 5.74) is 7.55. The fraction of sp³-hybridized carbons (Fsp3) is 0.667. The predicted octanol–water partition coefficient (Wildman–Crippen LogP) is 3.65. The van der Waals surface area contributed by atoms with Crippen LogP contribution in [0.1, 0.15) is 57.4 Å². The second-order valence-corrected chi connectivity index (χ2v) is 6.58. The highest BCUT2D eigenvalue weighted by Gasteiger charge is 2.26. The van der Waals surface area contributed by atoms with Crippen molar-refractivity contribution in [1.29, 1.82) is 0 Å². The summed E-state index contributed by atoms with van der Waals surface area (Å²) in [6.07, 6.45) is 10.4. The summed E-state index contributed by atoms with van der Waals surface area (Å²) < 4.78 is 0. The average Bonchev–Trinajstić information content (AvgIpc) is 2.75. The lowest BCUT2D eigenvalue weighted by Gasteiger charge is -2.34. The minimum atomic E-state index is 0.0743. The minimum Gasteiger partial charge on any atom is -0.329 e. The second kappa shape index (κ2) is 7.80. The van der Waals surface area contributed by atoms with Crippen molar-refractivity contribution in [1.82, 2.24) is 5.32 Å². The number of nitrogens with one attached hydrogen (secondary N) is 1. The fourth-order valence-corrected chi connectivity index (χ4v) is 3.21. The van der Waals surface area contributed by atoms with Crippen LogP contribution in [0.3, 0.4) is 0 Å². The van der Waals surface area contributed by atoms with Gasteiger partial charge in [-0.25, -0.2) is 0 Å². The SMILES string of the molecule is CC(CN)(CCc1ccccc1)NC1CCCCCC1. The first-order valence-electron chi connectivity index (χ1n) is 8.23. The summed E-state index contributed by atoms with van der Waals surface area (Å²) in [5, 5.41) is 3.87. The van der Waals surface area contributed by atoms with Gasteiger partial charge >= 0.3 is 0 Å². The van der Waals surface area contributed by atoms with Gasteiger partial charge in [0.05, 0.1) is 0 Å². The number of hydrogen-bond donors (Lipinski definition) is 2. The first kappa shape index (κ1) is 15.5. The van der Waals surface area contributed by atoms with Gasteiger partial charge < -0.3 is 11.1 Å². The molecule has 0 amide bonds. The molecule has 20 heavy (non-hydrogen) atoms. The Balaban J connectivity index is 1.87. The number of nitrogens with two attached hydrogens (primary N) is 1. The van der Waals surface area contributed by atoms with Gasteiger partial charge in [0.15, 0.2) is 0 Å². The van der Waals surface area contributed by atoms with Crippen molar-refractivity contribution in [3.05, 3.63) is 35.9 Å². The van der Waals surface area contributed by atoms with Gasteiger partial charge in [-0.3, -0.25) is 0 Å². The van der Waals surface area contributed by atoms with E-state index in [0.29, 0.717) is 6.04 Å². The van der Waals surface area contributed by atoms with Crippen LogP contribution in [-0.4, -0.2) is 18.1 Å². The number of rotatable bonds is 6. The highest BCUT2D eigenvalue weighted by atomic mass is 15.0. The lowest BCUT2D eigenvalue weighted by Crippen LogP contribution is -2.53. The zero-order chi connectivity index (χ0) is 14.3. The molecule has 0 heterocycles. The molecule has 0 spiro atoms. The molecule has 2 rings (SSSR count). The maximum absolute atomic E-state index is 6.06. The van der Waals surface area contributed by atoms with Gasteiger partial charge in [0.25, 0.3) is 0 Å². The Morgan fingerprint density at radius 2 is 1.75 bits per heavy atom. The lowest BCUT2D eigenvalue weighted by molar-refractivity contribution is 0.280. The van der Waals surface area contributed by atoms with Gasteiger partial charge in [-0.05, 0) is 38.2 Å². The summed E-state index contributed by atoms with van der Waals surface area (Å²) in [6, 6.07) is 11.4. The molecule has 0 bridgehead atoms. The van der Waals surface area contributed by atoms with Crippen molar-refractivity contribution in [2.75, 3.05) is 6.54 Å². The third-order valence-corrected chi connectivity index (χ3v) is 4.67. The minimum absolute atomic E-state index is 0.0743. The second-order valence-electron chi connectivity index (χ2n) is 6.58. The molecule has 1 fully saturated rings. The van der Waals surface area contributed by atoms with Crippen LogP contribution in [0.2, 0.25) is 0 Å². The summed E-state index contributed by atoms with van der Waals surface area (Å²) >= 11 is 0. The van der Waals surface area contributed by atoms with Gasteiger partial charge in [-0.15, -0.1) is 0 Å². The van der Waals surface area contributed by atoms with Crippen molar-refractivity contribution in [3.63, 3.8) is 0 Å². The van der Waals surface area contributed by atoms with E-state index in [2.05, 4.69) is 42.6 Å². The van der Waals surface area contributed by atoms with Crippen LogP contribution < -0.4 is 11.1 Å². The first-order valence-corrected chi connectivity index (χ1v) is 8.23. The van der Waals surface area contributed by atoms with E-state index >= 15 is 0 Å². The van der Waals surface area contributed by atoms with Crippen molar-refractivity contribution < 1.29 is 0 Å². The quantitative estimate of drug-likeness (QED) is 0.777. The molecule has 2 nitrogen and oxygen atoms in total. The number of hydrogen-bond acceptors (Lipinski definition) is 2. The van der Waals surface area contributed by atoms with Crippen LogP contribution >= 0.6 is 0 Å². The molecule has 1 saturated carbocycles. The largest absolute Gasteiger partial charge is 0.329 e. The van der Waals surface area contributed by atoms with Crippen LogP contribution in [-0.2, 0) is 6.42 Å². The zero-order valence-electron chi connectivity index (χ0n) is 12.9. The van der Waals surface area contributed by atoms with Crippen LogP contribution in [0, 0.1) is 0 Å². The van der Waals surface area contributed by atoms with Crippen molar-refractivity contribution >= 4 is 0 Å². The van der Waals surface area contributed by atoms with Gasteiger partial charge in [0.1, 0.15) is 0 Å². The molecule has 0 aliphatic heterocycles. The van der Waals surface area contributed by atoms with E-state index in [4.69, 9.17) is 5.73 Å². The Labute approximate surface area is 124 Å². The molecule has 1 aliphatic carbocycles. The highest BCUT2D eigenvalue weighted by Crippen LogP contribution is 2.21. The van der Waals surface area contributed by atoms with E-state index in [-0.39, 0.29) is 5.54 Å². The highest BCUT2D eigenvalue weighted by molar-refractivity contribution is 5.15. The normalized spacial score (nSPS) is 20.3. The van der Waals surface area contributed by atoms with Crippen molar-refractivity contribution in [2.24, 2.45) is 5.73 Å². The Kier molecular flexibility index (Phi) is 6.06. The van der Waals surface area contributed by atoms with Crippen LogP contribution in [0.4, 0.5) is 0 Å². The molecule has 1 aromatic carbocycles. The van der Waals surface area contributed by atoms with E-state index in [9.17, 15) is 0 Å². The molecule has 3 N–H and O–H groups in total. The molecule has 112 valence electrons. The lowest BCUT2D eigenvalue weighted by atomic mass is 9.91. The van der Waals surface area contributed by atoms with Gasteiger partial charge in [0, 0.05) is 18.1 Å². The van der Waals surface area contributed by atoms with Crippen molar-refractivity contribution in [3.8, 4) is 0 Å². The zero-order valence-corrected chi connectivity index (χ0v) is 12.9. The third-order valence-electron chi connectivity index (χ3n) is 4.67. The Bertz CT molecular complexity index is 368. The molecule has 0 saturated heterocycles. The molecule has 1 aliphatic rings. The number of benzene rings is 1. The van der Waals surface area contributed by atoms with Gasteiger partial charge in [-0.1, -0.05) is 56.0 Å². The average molecular weight is 274 g/mol. The van der Waals surface area contributed by atoms with E-state index < -0.39 is 0 Å². The monoisotopic (exact) mass is 274 g/mol. The van der Waals surface area contributed by atoms with Crippen molar-refractivity contribution in [2.45, 2.75) is 69.9 Å². The molecule has 0 aromatic heterocycles. The van der Waals surface area contributed by atoms with E-state index in [1.165, 1.54) is 44.1 Å². The summed E-state index contributed by atoms with van der Waals surface area (Å²) in [5.74, 6) is 0. The maximum Gasteiger partial charge on any atom is 0.0281 e. The Morgan fingerprint density at radius 1 is 1.10 bits per heavy atom. The summed E-state index contributed by atoms with van der Waals surface area (Å²) in [6.45, 7) is 3.01. The first-order chi connectivity index (χ1) is 9.72. The van der Waals surface area contributed by atoms with E-state index in [0.717, 1.165) is 19.4 Å². The topological polar surface area (TPSA) is 38.0 Å². The van der Waals surface area contributed by atoms with Gasteiger partial charge in [0.2, 0.25) is 0 Å². The van der Waals surface area contributed by atoms with Gasteiger partial charge in [-0.2, -0.15) is 0 Å². The summed E-state index contributed by atoms with van der Waals surface area (Å²) in [4.78, 5) is 0. The third kappa shape index (κ3) is 4.92. The molecule has 1 unspecified atom stereocenters. The molecule has 0 radical (unpaired) electrons. The number of aryl methyl sites for hydroxylation is 1. The maximum atomic E-state index is 6.06. The Hall–Kier alpha value is -0.860. The predicted molar refractivity (Wildman–Crippen MR) is 86.8 cm³/mol. The molecular formula is C18H30N2. The van der Waals surface area contributed by atoms with Crippen LogP contribution in [0.5, 0.6) is 0 Å². The molecule has 1 atom stereocenters. The fourth-order valence-electron chi connectivity index (χ4n) is 3.21. The molecular weight excluding hydrogens is 244 g/mol. The Morgan fingerprint density at radius 3 is 2.35 bits per heavy atom. The van der Waals surface area contributed by atoms with Crippen LogP contribution in [0.25, 0.3) is 0 Å². The smallest absolute Gasteiger partial charge is 0.0281 e. The standard InChI is InChI=1S/C18H30N2/c1-18(15-19,14-13-16-9-5-4-6-10-16)20-17-11-7-2-3-8-12-17/h4-6,9-10,17,20H,2-3,7-8,11-15,19H2,1H3. The molecule has 2 heteroatoms. The van der Waals surface area contributed by atoms with Crippen LogP contribution in [0.15, 0.2) is 30.3 Å². The van der Waals surface area contributed by atoms with E-state index in [1.807, 2.05) is 0 Å². The summed E-state index contributed by atoms with van der Waals surface area (Å²) in [7, 11) is 0. The van der Waals surface area contributed by atoms with E-state index in [1.54, 1.807) is 0 Å².